The fourth-order valence-corrected chi connectivity index (χ4v) is 3.06. The van der Waals surface area contributed by atoms with Crippen molar-refractivity contribution in [1.29, 1.82) is 0 Å². The van der Waals surface area contributed by atoms with E-state index in [9.17, 15) is 19.7 Å². The lowest BCUT2D eigenvalue weighted by Crippen LogP contribution is -2.38. The van der Waals surface area contributed by atoms with Crippen LogP contribution in [-0.4, -0.2) is 42.7 Å². The van der Waals surface area contributed by atoms with Crippen LogP contribution in [0.1, 0.15) is 19.3 Å². The van der Waals surface area contributed by atoms with Crippen molar-refractivity contribution in [3.8, 4) is 0 Å². The third kappa shape index (κ3) is 3.32. The van der Waals surface area contributed by atoms with Gasteiger partial charge in [-0.05, 0) is 18.9 Å². The Morgan fingerprint density at radius 2 is 1.96 bits per heavy atom. The van der Waals surface area contributed by atoms with Crippen molar-refractivity contribution in [3.05, 3.63) is 34.4 Å². The Morgan fingerprint density at radius 3 is 2.58 bits per heavy atom. The predicted molar refractivity (Wildman–Crippen MR) is 83.5 cm³/mol. The molecule has 1 atom stereocenters. The topological polar surface area (TPSA) is 99.0 Å². The molecule has 2 heterocycles. The number of esters is 2. The molecule has 2 saturated heterocycles. The first kappa shape index (κ1) is 16.2. The van der Waals surface area contributed by atoms with Gasteiger partial charge in [0.05, 0.1) is 17.4 Å². The van der Waals surface area contributed by atoms with Crippen molar-refractivity contribution in [3.63, 3.8) is 0 Å². The summed E-state index contributed by atoms with van der Waals surface area (Å²) in [7, 11) is 0. The van der Waals surface area contributed by atoms with E-state index in [0.717, 1.165) is 0 Å². The van der Waals surface area contributed by atoms with E-state index in [0.29, 0.717) is 38.0 Å². The van der Waals surface area contributed by atoms with E-state index in [1.165, 1.54) is 6.07 Å². The summed E-state index contributed by atoms with van der Waals surface area (Å²) in [6, 6.07) is 6.58. The number of nitrogens with zero attached hydrogens (tertiary/aromatic N) is 2. The van der Waals surface area contributed by atoms with Gasteiger partial charge in [0.15, 0.2) is 0 Å². The highest BCUT2D eigenvalue weighted by Crippen LogP contribution is 2.31. The first-order chi connectivity index (χ1) is 11.6. The van der Waals surface area contributed by atoms with E-state index < -0.39 is 17.0 Å². The van der Waals surface area contributed by atoms with Gasteiger partial charge in [0.1, 0.15) is 5.69 Å². The van der Waals surface area contributed by atoms with Crippen molar-refractivity contribution >= 4 is 23.3 Å². The number of piperidine rings is 1. The summed E-state index contributed by atoms with van der Waals surface area (Å²) in [5.74, 6) is -1.17. The third-order valence-corrected chi connectivity index (χ3v) is 4.39. The fraction of sp³-hybridized carbons (Fsp3) is 0.500. The number of rotatable bonds is 4. The maximum atomic E-state index is 12.2. The Kier molecular flexibility index (Phi) is 4.64. The molecular formula is C16H18N2O6. The molecule has 0 aliphatic carbocycles. The number of para-hydroxylation sites is 2. The second kappa shape index (κ2) is 6.86. The Balaban J connectivity index is 1.59. The summed E-state index contributed by atoms with van der Waals surface area (Å²) in [5, 5.41) is 11.1. The van der Waals surface area contributed by atoms with Crippen molar-refractivity contribution in [2.45, 2.75) is 25.4 Å². The lowest BCUT2D eigenvalue weighted by molar-refractivity contribution is -0.384. The molecule has 0 unspecified atom stereocenters. The fourth-order valence-electron chi connectivity index (χ4n) is 3.06. The highest BCUT2D eigenvalue weighted by molar-refractivity contribution is 5.81. The van der Waals surface area contributed by atoms with Gasteiger partial charge >= 0.3 is 11.9 Å². The first-order valence-electron chi connectivity index (χ1n) is 7.92. The predicted octanol–water partition coefficient (Wildman–Crippen LogP) is 1.67. The molecule has 3 rings (SSSR count). The number of hydrogen-bond acceptors (Lipinski definition) is 7. The number of anilines is 1. The summed E-state index contributed by atoms with van der Waals surface area (Å²) in [6.07, 6.45) is 0.685. The normalized spacial score (nSPS) is 21.4. The lowest BCUT2D eigenvalue weighted by atomic mass is 9.96. The van der Waals surface area contributed by atoms with Gasteiger partial charge in [-0.2, -0.15) is 0 Å². The average Bonchev–Trinajstić information content (AvgIpc) is 3.00. The van der Waals surface area contributed by atoms with Gasteiger partial charge in [0.2, 0.25) is 6.10 Å². The standard InChI is InChI=1S/C16H18N2O6/c19-15(24-14-7-10-23-16(14)20)11-5-8-17(9-6-11)12-3-1-2-4-13(12)18(21)22/h1-4,11,14H,5-10H2/t14-/m0/s1. The Hall–Kier alpha value is -2.64. The van der Waals surface area contributed by atoms with Gasteiger partial charge in [-0.1, -0.05) is 12.1 Å². The molecule has 128 valence electrons. The van der Waals surface area contributed by atoms with Crippen molar-refractivity contribution in [1.82, 2.24) is 0 Å². The molecule has 1 aromatic carbocycles. The number of nitro groups is 1. The highest BCUT2D eigenvalue weighted by atomic mass is 16.6. The van der Waals surface area contributed by atoms with E-state index >= 15 is 0 Å². The zero-order chi connectivity index (χ0) is 17.1. The van der Waals surface area contributed by atoms with E-state index in [1.807, 2.05) is 4.90 Å². The van der Waals surface area contributed by atoms with Gasteiger partial charge < -0.3 is 14.4 Å². The third-order valence-electron chi connectivity index (χ3n) is 4.39. The van der Waals surface area contributed by atoms with Gasteiger partial charge in [0.25, 0.3) is 5.69 Å². The molecule has 0 amide bonds. The van der Waals surface area contributed by atoms with Crippen LogP contribution in [-0.2, 0) is 19.1 Å². The summed E-state index contributed by atoms with van der Waals surface area (Å²) in [5.41, 5.74) is 0.626. The molecule has 2 aliphatic rings. The van der Waals surface area contributed by atoms with Gasteiger partial charge in [-0.15, -0.1) is 0 Å². The number of carbonyl (C=O) groups is 2. The minimum Gasteiger partial charge on any atom is -0.463 e. The lowest BCUT2D eigenvalue weighted by Gasteiger charge is -2.32. The van der Waals surface area contributed by atoms with Crippen LogP contribution in [0.4, 0.5) is 11.4 Å². The molecule has 0 spiro atoms. The summed E-state index contributed by atoms with van der Waals surface area (Å²) >= 11 is 0. The molecule has 2 fully saturated rings. The maximum Gasteiger partial charge on any atom is 0.347 e. The zero-order valence-electron chi connectivity index (χ0n) is 13.1. The smallest absolute Gasteiger partial charge is 0.347 e. The van der Waals surface area contributed by atoms with Crippen LogP contribution >= 0.6 is 0 Å². The van der Waals surface area contributed by atoms with Gasteiger partial charge in [0, 0.05) is 25.6 Å². The molecule has 0 aromatic heterocycles. The summed E-state index contributed by atoms with van der Waals surface area (Å²) in [4.78, 5) is 36.1. The largest absolute Gasteiger partial charge is 0.463 e. The molecule has 8 nitrogen and oxygen atoms in total. The first-order valence-corrected chi connectivity index (χ1v) is 7.92. The molecule has 0 radical (unpaired) electrons. The average molecular weight is 334 g/mol. The molecule has 2 aliphatic heterocycles. The van der Waals surface area contributed by atoms with Crippen LogP contribution in [0.2, 0.25) is 0 Å². The quantitative estimate of drug-likeness (QED) is 0.469. The van der Waals surface area contributed by atoms with Crippen LogP contribution < -0.4 is 4.90 Å². The monoisotopic (exact) mass is 334 g/mol. The number of hydrogen-bond donors (Lipinski definition) is 0. The minimum atomic E-state index is -0.786. The summed E-state index contributed by atoms with van der Waals surface area (Å²) < 4.78 is 10.0. The minimum absolute atomic E-state index is 0.0622. The van der Waals surface area contributed by atoms with Crippen molar-refractivity contribution in [2.75, 3.05) is 24.6 Å². The Labute approximate surface area is 138 Å². The molecule has 8 heteroatoms. The molecule has 24 heavy (non-hydrogen) atoms. The Bertz CT molecular complexity index is 654. The Morgan fingerprint density at radius 1 is 1.25 bits per heavy atom. The zero-order valence-corrected chi connectivity index (χ0v) is 13.1. The van der Waals surface area contributed by atoms with E-state index in [-0.39, 0.29) is 24.2 Å². The van der Waals surface area contributed by atoms with Crippen LogP contribution in [0.15, 0.2) is 24.3 Å². The van der Waals surface area contributed by atoms with E-state index in [2.05, 4.69) is 0 Å². The second-order valence-electron chi connectivity index (χ2n) is 5.89. The molecular weight excluding hydrogens is 316 g/mol. The number of carbonyl (C=O) groups excluding carboxylic acids is 2. The van der Waals surface area contributed by atoms with E-state index in [4.69, 9.17) is 9.47 Å². The SMILES string of the molecule is O=C(O[C@H]1CCOC1=O)C1CCN(c2ccccc2[N+](=O)[O-])CC1. The molecule has 0 saturated carbocycles. The van der Waals surface area contributed by atoms with Crippen LogP contribution in [0.25, 0.3) is 0 Å². The summed E-state index contributed by atoms with van der Waals surface area (Å²) in [6.45, 7) is 1.34. The number of benzene rings is 1. The maximum absolute atomic E-state index is 12.2. The number of ether oxygens (including phenoxy) is 2. The number of cyclic esters (lactones) is 1. The van der Waals surface area contributed by atoms with Crippen LogP contribution in [0.3, 0.4) is 0 Å². The highest BCUT2D eigenvalue weighted by Gasteiger charge is 2.34. The second-order valence-corrected chi connectivity index (χ2v) is 5.89. The van der Waals surface area contributed by atoms with Crippen molar-refractivity contribution in [2.24, 2.45) is 5.92 Å². The molecule has 0 bridgehead atoms. The van der Waals surface area contributed by atoms with Gasteiger partial charge in [-0.3, -0.25) is 14.9 Å². The molecule has 0 N–H and O–H groups in total. The van der Waals surface area contributed by atoms with Gasteiger partial charge in [-0.25, -0.2) is 4.79 Å². The van der Waals surface area contributed by atoms with Crippen LogP contribution in [0.5, 0.6) is 0 Å². The van der Waals surface area contributed by atoms with Crippen LogP contribution in [0, 0.1) is 16.0 Å². The molecule has 1 aromatic rings. The number of nitro benzene ring substituents is 1. The van der Waals surface area contributed by atoms with Crippen molar-refractivity contribution < 1.29 is 24.0 Å². The van der Waals surface area contributed by atoms with E-state index in [1.54, 1.807) is 18.2 Å².